The number of allylic oxidation sites excluding steroid dienone is 2. The van der Waals surface area contributed by atoms with Crippen molar-refractivity contribution in [3.63, 3.8) is 0 Å². The first-order chi connectivity index (χ1) is 11.3. The Bertz CT molecular complexity index is 926. The van der Waals surface area contributed by atoms with Crippen molar-refractivity contribution in [2.24, 2.45) is 0 Å². The second-order valence-electron chi connectivity index (χ2n) is 5.89. The molecule has 0 heterocycles. The molecule has 126 valence electrons. The molecule has 0 radical (unpaired) electrons. The van der Waals surface area contributed by atoms with Gasteiger partial charge in [0.25, 0.3) is 0 Å². The third kappa shape index (κ3) is 3.24. The van der Waals surface area contributed by atoms with Crippen LogP contribution >= 0.6 is 0 Å². The van der Waals surface area contributed by atoms with Crippen LogP contribution in [0.25, 0.3) is 11.1 Å². The number of hydrogen-bond acceptors (Lipinski definition) is 2. The maximum absolute atomic E-state index is 14.1. The number of sulfone groups is 1. The van der Waals surface area contributed by atoms with E-state index in [9.17, 15) is 21.6 Å². The van der Waals surface area contributed by atoms with Crippen LogP contribution in [0.5, 0.6) is 0 Å². The van der Waals surface area contributed by atoms with Gasteiger partial charge in [-0.05, 0) is 65.8 Å². The predicted octanol–water partition coefficient (Wildman–Crippen LogP) is 4.60. The first-order valence-corrected chi connectivity index (χ1v) is 9.33. The Kier molecular flexibility index (Phi) is 4.25. The van der Waals surface area contributed by atoms with Gasteiger partial charge < -0.3 is 0 Å². The predicted molar refractivity (Wildman–Crippen MR) is 86.5 cm³/mol. The van der Waals surface area contributed by atoms with Crippen LogP contribution in [-0.4, -0.2) is 14.7 Å². The smallest absolute Gasteiger partial charge is 0.178 e. The molecule has 24 heavy (non-hydrogen) atoms. The summed E-state index contributed by atoms with van der Waals surface area (Å²) in [5.41, 5.74) is 2.53. The Balaban J connectivity index is 2.11. The summed E-state index contributed by atoms with van der Waals surface area (Å²) in [6, 6.07) is 7.26. The van der Waals surface area contributed by atoms with Crippen molar-refractivity contribution in [2.75, 3.05) is 6.26 Å². The van der Waals surface area contributed by atoms with Crippen LogP contribution < -0.4 is 0 Å². The maximum Gasteiger partial charge on any atom is 0.178 e. The number of halogens is 3. The second-order valence-corrected chi connectivity index (χ2v) is 7.87. The van der Waals surface area contributed by atoms with Crippen LogP contribution in [0.1, 0.15) is 30.4 Å². The molecule has 0 amide bonds. The van der Waals surface area contributed by atoms with E-state index in [-0.39, 0.29) is 4.90 Å². The Morgan fingerprint density at radius 3 is 1.96 bits per heavy atom. The lowest BCUT2D eigenvalue weighted by molar-refractivity contribution is 0.570. The van der Waals surface area contributed by atoms with E-state index in [2.05, 4.69) is 0 Å². The SMILES string of the molecule is CS(=O)(=O)c1ccc(C2=C(c3cc(F)cc(F)c3)CCC2)cc1F. The largest absolute Gasteiger partial charge is 0.224 e. The summed E-state index contributed by atoms with van der Waals surface area (Å²) in [6.07, 6.45) is 3.01. The molecule has 0 aromatic heterocycles. The highest BCUT2D eigenvalue weighted by molar-refractivity contribution is 7.90. The van der Waals surface area contributed by atoms with Gasteiger partial charge in [-0.25, -0.2) is 21.6 Å². The summed E-state index contributed by atoms with van der Waals surface area (Å²) < 4.78 is 64.1. The number of rotatable bonds is 3. The standard InChI is InChI=1S/C18H15F3O2S/c1-24(22,23)18-6-5-11(9-17(18)21)15-3-2-4-16(15)12-7-13(19)10-14(20)8-12/h5-10H,2-4H2,1H3. The molecule has 0 saturated heterocycles. The molecule has 2 aromatic rings. The van der Waals surface area contributed by atoms with E-state index in [4.69, 9.17) is 0 Å². The minimum Gasteiger partial charge on any atom is -0.224 e. The summed E-state index contributed by atoms with van der Waals surface area (Å²) in [7, 11) is -3.64. The quantitative estimate of drug-likeness (QED) is 0.809. The van der Waals surface area contributed by atoms with E-state index in [1.54, 1.807) is 0 Å². The Labute approximate surface area is 138 Å². The van der Waals surface area contributed by atoms with Crippen LogP contribution in [0, 0.1) is 17.5 Å². The van der Waals surface area contributed by atoms with E-state index < -0.39 is 27.3 Å². The molecular weight excluding hydrogens is 337 g/mol. The Morgan fingerprint density at radius 2 is 1.42 bits per heavy atom. The molecular formula is C18H15F3O2S. The number of hydrogen-bond donors (Lipinski definition) is 0. The van der Waals surface area contributed by atoms with Gasteiger partial charge in [0.2, 0.25) is 0 Å². The summed E-state index contributed by atoms with van der Waals surface area (Å²) in [4.78, 5) is -0.358. The normalized spacial score (nSPS) is 15.2. The highest BCUT2D eigenvalue weighted by Crippen LogP contribution is 2.40. The molecule has 0 aliphatic heterocycles. The minimum absolute atomic E-state index is 0.358. The average Bonchev–Trinajstić information content (AvgIpc) is 2.94. The van der Waals surface area contributed by atoms with Gasteiger partial charge in [0.15, 0.2) is 9.84 Å². The molecule has 0 spiro atoms. The topological polar surface area (TPSA) is 34.1 Å². The lowest BCUT2D eigenvalue weighted by atomic mass is 9.97. The summed E-state index contributed by atoms with van der Waals surface area (Å²) in [5.74, 6) is -2.15. The fraction of sp³-hybridized carbons (Fsp3) is 0.222. The molecule has 0 unspecified atom stereocenters. The van der Waals surface area contributed by atoms with Crippen LogP contribution in [0.3, 0.4) is 0 Å². The zero-order chi connectivity index (χ0) is 17.5. The fourth-order valence-corrected chi connectivity index (χ4v) is 3.83. The van der Waals surface area contributed by atoms with Gasteiger partial charge in [-0.3, -0.25) is 0 Å². The van der Waals surface area contributed by atoms with Gasteiger partial charge in [0, 0.05) is 12.3 Å². The lowest BCUT2D eigenvalue weighted by Gasteiger charge is -2.10. The van der Waals surface area contributed by atoms with Crippen molar-refractivity contribution in [1.82, 2.24) is 0 Å². The van der Waals surface area contributed by atoms with E-state index in [1.165, 1.54) is 30.3 Å². The molecule has 2 aromatic carbocycles. The van der Waals surface area contributed by atoms with Gasteiger partial charge in [-0.15, -0.1) is 0 Å². The van der Waals surface area contributed by atoms with Crippen LogP contribution in [0.4, 0.5) is 13.2 Å². The maximum atomic E-state index is 14.1. The molecule has 0 bridgehead atoms. The zero-order valence-corrected chi connectivity index (χ0v) is 13.8. The van der Waals surface area contributed by atoms with Crippen LogP contribution in [-0.2, 0) is 9.84 Å². The van der Waals surface area contributed by atoms with Gasteiger partial charge in [-0.2, -0.15) is 0 Å². The van der Waals surface area contributed by atoms with Crippen molar-refractivity contribution in [3.8, 4) is 0 Å². The van der Waals surface area contributed by atoms with Crippen molar-refractivity contribution in [3.05, 3.63) is 65.0 Å². The van der Waals surface area contributed by atoms with Gasteiger partial charge in [0.05, 0.1) is 0 Å². The van der Waals surface area contributed by atoms with E-state index >= 15 is 0 Å². The van der Waals surface area contributed by atoms with E-state index in [0.29, 0.717) is 24.0 Å². The zero-order valence-electron chi connectivity index (χ0n) is 12.9. The van der Waals surface area contributed by atoms with Gasteiger partial charge >= 0.3 is 0 Å². The van der Waals surface area contributed by atoms with Gasteiger partial charge in [0.1, 0.15) is 22.3 Å². The Morgan fingerprint density at radius 1 is 0.833 bits per heavy atom. The highest BCUT2D eigenvalue weighted by Gasteiger charge is 2.21. The first-order valence-electron chi connectivity index (χ1n) is 7.44. The summed E-state index contributed by atoms with van der Waals surface area (Å²) in [6.45, 7) is 0. The molecule has 2 nitrogen and oxygen atoms in total. The van der Waals surface area contributed by atoms with Crippen molar-refractivity contribution < 1.29 is 21.6 Å². The highest BCUT2D eigenvalue weighted by atomic mass is 32.2. The summed E-state index contributed by atoms with van der Waals surface area (Å²) >= 11 is 0. The van der Waals surface area contributed by atoms with E-state index in [1.807, 2.05) is 0 Å². The van der Waals surface area contributed by atoms with Gasteiger partial charge in [-0.1, -0.05) is 6.07 Å². The molecule has 0 N–H and O–H groups in total. The third-order valence-electron chi connectivity index (χ3n) is 4.11. The van der Waals surface area contributed by atoms with Crippen molar-refractivity contribution >= 4 is 21.0 Å². The summed E-state index contributed by atoms with van der Waals surface area (Å²) in [5, 5.41) is 0. The average molecular weight is 352 g/mol. The lowest BCUT2D eigenvalue weighted by Crippen LogP contribution is -2.01. The molecule has 1 aliphatic carbocycles. The monoisotopic (exact) mass is 352 g/mol. The molecule has 0 atom stereocenters. The van der Waals surface area contributed by atoms with Crippen molar-refractivity contribution in [1.29, 1.82) is 0 Å². The molecule has 6 heteroatoms. The molecule has 1 aliphatic rings. The molecule has 0 fully saturated rings. The Hall–Kier alpha value is -2.08. The van der Waals surface area contributed by atoms with Crippen LogP contribution in [0.2, 0.25) is 0 Å². The molecule has 0 saturated carbocycles. The van der Waals surface area contributed by atoms with E-state index in [0.717, 1.165) is 29.9 Å². The van der Waals surface area contributed by atoms with Crippen LogP contribution in [0.15, 0.2) is 41.3 Å². The fourth-order valence-electron chi connectivity index (χ4n) is 3.10. The number of benzene rings is 2. The minimum atomic E-state index is -3.64. The van der Waals surface area contributed by atoms with Crippen molar-refractivity contribution in [2.45, 2.75) is 24.2 Å². The first kappa shape index (κ1) is 16.8. The third-order valence-corrected chi connectivity index (χ3v) is 5.24. The molecule has 3 rings (SSSR count). The second kappa shape index (κ2) is 6.09.